The molecule has 2 heteroatoms. The van der Waals surface area contributed by atoms with Crippen LogP contribution in [0.25, 0.3) is 10.9 Å². The van der Waals surface area contributed by atoms with Crippen LogP contribution in [0.3, 0.4) is 0 Å². The molecular formula is C19H20N2. The van der Waals surface area contributed by atoms with E-state index in [1.165, 1.54) is 23.8 Å². The topological polar surface area (TPSA) is 28.1 Å². The van der Waals surface area contributed by atoms with Crippen LogP contribution in [0.2, 0.25) is 0 Å². The van der Waals surface area contributed by atoms with Crippen LogP contribution in [0.1, 0.15) is 30.9 Å². The Morgan fingerprint density at radius 2 is 1.86 bits per heavy atom. The molecule has 0 spiro atoms. The predicted octanol–water partition coefficient (Wildman–Crippen LogP) is 5.26. The lowest BCUT2D eigenvalue weighted by molar-refractivity contribution is 0.795. The number of aromatic nitrogens is 1. The molecule has 0 aliphatic rings. The van der Waals surface area contributed by atoms with Gasteiger partial charge in [0.25, 0.3) is 0 Å². The molecule has 0 amide bonds. The van der Waals surface area contributed by atoms with E-state index in [0.29, 0.717) is 0 Å². The highest BCUT2D eigenvalue weighted by Gasteiger charge is 1.99. The summed E-state index contributed by atoms with van der Waals surface area (Å²) in [4.78, 5) is 7.84. The van der Waals surface area contributed by atoms with Crippen LogP contribution in [0.15, 0.2) is 59.7 Å². The number of nitrogens with zero attached hydrogens (tertiary/aromatic N) is 1. The van der Waals surface area contributed by atoms with Gasteiger partial charge in [0.05, 0.1) is 5.69 Å². The van der Waals surface area contributed by atoms with Gasteiger partial charge in [0.15, 0.2) is 0 Å². The van der Waals surface area contributed by atoms with Crippen molar-refractivity contribution in [3.05, 3.63) is 65.9 Å². The Morgan fingerprint density at radius 3 is 2.67 bits per heavy atom. The molecule has 0 bridgehead atoms. The molecule has 2 nitrogen and oxygen atoms in total. The molecule has 1 aromatic heterocycles. The van der Waals surface area contributed by atoms with Crippen molar-refractivity contribution in [2.45, 2.75) is 26.2 Å². The van der Waals surface area contributed by atoms with Crippen LogP contribution in [0, 0.1) is 0 Å². The number of benzene rings is 2. The molecule has 0 saturated heterocycles. The third-order valence-corrected chi connectivity index (χ3v) is 3.73. The summed E-state index contributed by atoms with van der Waals surface area (Å²) in [7, 11) is 0. The minimum Gasteiger partial charge on any atom is -0.361 e. The number of nitrogens with one attached hydrogen (secondary N) is 1. The van der Waals surface area contributed by atoms with Gasteiger partial charge in [-0.3, -0.25) is 4.99 Å². The standard InChI is InChI=1S/C19H20N2/c1-2-3-6-15-9-11-17(12-10-15)20-13-16-14-21-19-8-5-4-7-18(16)19/h4-5,7-14,21H,2-3,6H2,1H3. The zero-order chi connectivity index (χ0) is 14.5. The Balaban J connectivity index is 1.76. The minimum atomic E-state index is 1.00. The smallest absolute Gasteiger partial charge is 0.0630 e. The average molecular weight is 276 g/mol. The third kappa shape index (κ3) is 3.22. The van der Waals surface area contributed by atoms with Crippen molar-refractivity contribution in [1.82, 2.24) is 4.98 Å². The van der Waals surface area contributed by atoms with Crippen LogP contribution in [-0.2, 0) is 6.42 Å². The maximum Gasteiger partial charge on any atom is 0.0630 e. The SMILES string of the molecule is CCCCc1ccc(N=Cc2c[nH]c3ccccc23)cc1. The van der Waals surface area contributed by atoms with Crippen molar-refractivity contribution in [2.75, 3.05) is 0 Å². The van der Waals surface area contributed by atoms with Crippen LogP contribution in [0.4, 0.5) is 5.69 Å². The monoisotopic (exact) mass is 276 g/mol. The van der Waals surface area contributed by atoms with E-state index in [4.69, 9.17) is 0 Å². The third-order valence-electron chi connectivity index (χ3n) is 3.73. The molecule has 21 heavy (non-hydrogen) atoms. The van der Waals surface area contributed by atoms with Gasteiger partial charge < -0.3 is 4.98 Å². The average Bonchev–Trinajstić information content (AvgIpc) is 2.95. The summed E-state index contributed by atoms with van der Waals surface area (Å²) >= 11 is 0. The van der Waals surface area contributed by atoms with Gasteiger partial charge >= 0.3 is 0 Å². The zero-order valence-electron chi connectivity index (χ0n) is 12.3. The first kappa shape index (κ1) is 13.6. The molecule has 0 fully saturated rings. The molecule has 0 radical (unpaired) electrons. The first-order valence-electron chi connectivity index (χ1n) is 7.56. The van der Waals surface area contributed by atoms with Gasteiger partial charge in [-0.2, -0.15) is 0 Å². The van der Waals surface area contributed by atoms with Gasteiger partial charge in [-0.15, -0.1) is 0 Å². The maximum atomic E-state index is 4.58. The number of fused-ring (bicyclic) bond motifs is 1. The second-order valence-electron chi connectivity index (χ2n) is 5.32. The summed E-state index contributed by atoms with van der Waals surface area (Å²) in [6, 6.07) is 16.8. The zero-order valence-corrected chi connectivity index (χ0v) is 12.3. The summed E-state index contributed by atoms with van der Waals surface area (Å²) < 4.78 is 0. The van der Waals surface area contributed by atoms with E-state index in [1.54, 1.807) is 0 Å². The predicted molar refractivity (Wildman–Crippen MR) is 90.6 cm³/mol. The van der Waals surface area contributed by atoms with E-state index >= 15 is 0 Å². The largest absolute Gasteiger partial charge is 0.361 e. The lowest BCUT2D eigenvalue weighted by Gasteiger charge is -2.00. The molecule has 0 atom stereocenters. The van der Waals surface area contributed by atoms with Gasteiger partial charge in [-0.05, 0) is 36.6 Å². The highest BCUT2D eigenvalue weighted by atomic mass is 14.7. The molecule has 1 N–H and O–H groups in total. The fourth-order valence-corrected chi connectivity index (χ4v) is 2.47. The first-order chi connectivity index (χ1) is 10.4. The van der Waals surface area contributed by atoms with Gasteiger partial charge in [0.2, 0.25) is 0 Å². The fraction of sp³-hybridized carbons (Fsp3) is 0.211. The van der Waals surface area contributed by atoms with E-state index in [0.717, 1.165) is 23.2 Å². The van der Waals surface area contributed by atoms with Crippen molar-refractivity contribution >= 4 is 22.8 Å². The molecule has 3 rings (SSSR count). The van der Waals surface area contributed by atoms with Crippen LogP contribution < -0.4 is 0 Å². The number of aliphatic imine (C=N–C) groups is 1. The van der Waals surface area contributed by atoms with E-state index in [1.807, 2.05) is 18.5 Å². The highest BCUT2D eigenvalue weighted by molar-refractivity contribution is 5.99. The number of rotatable bonds is 5. The quantitative estimate of drug-likeness (QED) is 0.616. The van der Waals surface area contributed by atoms with Crippen molar-refractivity contribution in [3.63, 3.8) is 0 Å². The van der Waals surface area contributed by atoms with E-state index in [-0.39, 0.29) is 0 Å². The Bertz CT molecular complexity index is 736. The fourth-order valence-electron chi connectivity index (χ4n) is 2.47. The number of para-hydroxylation sites is 1. The van der Waals surface area contributed by atoms with Gasteiger partial charge in [0, 0.05) is 28.9 Å². The Hall–Kier alpha value is -2.35. The number of aryl methyl sites for hydroxylation is 1. The number of H-pyrrole nitrogens is 1. The normalized spacial score (nSPS) is 11.5. The van der Waals surface area contributed by atoms with Gasteiger partial charge in [-0.25, -0.2) is 0 Å². The maximum absolute atomic E-state index is 4.58. The molecule has 0 aliphatic carbocycles. The molecule has 2 aromatic carbocycles. The lowest BCUT2D eigenvalue weighted by atomic mass is 10.1. The number of hydrogen-bond acceptors (Lipinski definition) is 1. The highest BCUT2D eigenvalue weighted by Crippen LogP contribution is 2.18. The van der Waals surface area contributed by atoms with E-state index < -0.39 is 0 Å². The summed E-state index contributed by atoms with van der Waals surface area (Å²) in [5, 5.41) is 1.21. The molecule has 3 aromatic rings. The van der Waals surface area contributed by atoms with Gasteiger partial charge in [0.1, 0.15) is 0 Å². The summed E-state index contributed by atoms with van der Waals surface area (Å²) in [5.41, 5.74) is 4.66. The lowest BCUT2D eigenvalue weighted by Crippen LogP contribution is -1.83. The number of unbranched alkanes of at least 4 members (excludes halogenated alkanes) is 1. The summed E-state index contributed by atoms with van der Waals surface area (Å²) in [6.07, 6.45) is 7.57. The van der Waals surface area contributed by atoms with Crippen LogP contribution in [-0.4, -0.2) is 11.2 Å². The second-order valence-corrected chi connectivity index (χ2v) is 5.32. The van der Waals surface area contributed by atoms with E-state index in [9.17, 15) is 0 Å². The Kier molecular flexibility index (Phi) is 4.15. The van der Waals surface area contributed by atoms with E-state index in [2.05, 4.69) is 59.4 Å². The van der Waals surface area contributed by atoms with Gasteiger partial charge in [-0.1, -0.05) is 43.7 Å². The first-order valence-corrected chi connectivity index (χ1v) is 7.56. The molecule has 0 unspecified atom stereocenters. The molecule has 0 saturated carbocycles. The van der Waals surface area contributed by atoms with Crippen molar-refractivity contribution in [2.24, 2.45) is 4.99 Å². The number of hydrogen-bond donors (Lipinski definition) is 1. The minimum absolute atomic E-state index is 1.00. The van der Waals surface area contributed by atoms with Crippen molar-refractivity contribution in [3.8, 4) is 0 Å². The van der Waals surface area contributed by atoms with Crippen molar-refractivity contribution in [1.29, 1.82) is 0 Å². The Morgan fingerprint density at radius 1 is 1.05 bits per heavy atom. The van der Waals surface area contributed by atoms with Crippen LogP contribution in [0.5, 0.6) is 0 Å². The van der Waals surface area contributed by atoms with Crippen molar-refractivity contribution < 1.29 is 0 Å². The second kappa shape index (κ2) is 6.40. The summed E-state index contributed by atoms with van der Waals surface area (Å²) in [6.45, 7) is 2.22. The molecule has 1 heterocycles. The number of aromatic amines is 1. The molecule has 0 aliphatic heterocycles. The molecule has 106 valence electrons. The molecular weight excluding hydrogens is 256 g/mol. The van der Waals surface area contributed by atoms with Crippen LogP contribution >= 0.6 is 0 Å². The summed E-state index contributed by atoms with van der Waals surface area (Å²) in [5.74, 6) is 0. The Labute approximate surface area is 125 Å².